The van der Waals surface area contributed by atoms with Gasteiger partial charge in [-0.05, 0) is 50.2 Å². The van der Waals surface area contributed by atoms with Gasteiger partial charge in [-0.15, -0.1) is 0 Å². The molecule has 1 fully saturated rings. The van der Waals surface area contributed by atoms with Crippen molar-refractivity contribution >= 4 is 11.6 Å². The van der Waals surface area contributed by atoms with Crippen LogP contribution < -0.4 is 10.2 Å². The SMILES string of the molecule is CC(=O)N(c1ccc(F)cc1)C1CCNCC1. The van der Waals surface area contributed by atoms with E-state index >= 15 is 0 Å². The predicted octanol–water partition coefficient (Wildman–Crippen LogP) is 1.93. The van der Waals surface area contributed by atoms with E-state index in [1.54, 1.807) is 24.0 Å². The van der Waals surface area contributed by atoms with Gasteiger partial charge in [0, 0.05) is 18.7 Å². The number of carbonyl (C=O) groups excluding carboxylic acids is 1. The normalized spacial score (nSPS) is 16.8. The number of carbonyl (C=O) groups is 1. The molecule has 0 bridgehead atoms. The third kappa shape index (κ3) is 2.82. The van der Waals surface area contributed by atoms with Gasteiger partial charge < -0.3 is 10.2 Å². The first kappa shape index (κ1) is 12.0. The van der Waals surface area contributed by atoms with Crippen molar-refractivity contribution in [3.05, 3.63) is 30.1 Å². The van der Waals surface area contributed by atoms with Crippen LogP contribution in [0.4, 0.5) is 10.1 Å². The third-order valence-electron chi connectivity index (χ3n) is 3.12. The lowest BCUT2D eigenvalue weighted by atomic mass is 10.0. The monoisotopic (exact) mass is 236 g/mol. The van der Waals surface area contributed by atoms with Gasteiger partial charge in [-0.3, -0.25) is 4.79 Å². The first-order valence-corrected chi connectivity index (χ1v) is 5.94. The number of rotatable bonds is 2. The lowest BCUT2D eigenvalue weighted by Crippen LogP contribution is -2.45. The minimum absolute atomic E-state index is 0.0171. The van der Waals surface area contributed by atoms with Gasteiger partial charge >= 0.3 is 0 Å². The third-order valence-corrected chi connectivity index (χ3v) is 3.12. The summed E-state index contributed by atoms with van der Waals surface area (Å²) in [6.07, 6.45) is 1.88. The van der Waals surface area contributed by atoms with E-state index < -0.39 is 0 Å². The minimum atomic E-state index is -0.275. The van der Waals surface area contributed by atoms with Crippen molar-refractivity contribution in [1.29, 1.82) is 0 Å². The quantitative estimate of drug-likeness (QED) is 0.851. The van der Waals surface area contributed by atoms with E-state index in [4.69, 9.17) is 0 Å². The van der Waals surface area contributed by atoms with Gasteiger partial charge in [-0.25, -0.2) is 4.39 Å². The summed E-state index contributed by atoms with van der Waals surface area (Å²) >= 11 is 0. The van der Waals surface area contributed by atoms with Gasteiger partial charge in [-0.2, -0.15) is 0 Å². The van der Waals surface area contributed by atoms with Crippen molar-refractivity contribution < 1.29 is 9.18 Å². The van der Waals surface area contributed by atoms with Crippen LogP contribution in [0.15, 0.2) is 24.3 Å². The largest absolute Gasteiger partial charge is 0.317 e. The fourth-order valence-electron chi connectivity index (χ4n) is 2.32. The second kappa shape index (κ2) is 5.27. The van der Waals surface area contributed by atoms with Crippen molar-refractivity contribution in [2.24, 2.45) is 0 Å². The van der Waals surface area contributed by atoms with E-state index in [1.807, 2.05) is 0 Å². The Kier molecular flexibility index (Phi) is 3.74. The second-order valence-electron chi connectivity index (χ2n) is 4.35. The molecule has 1 amide bonds. The molecule has 0 atom stereocenters. The molecule has 2 rings (SSSR count). The molecule has 1 saturated heterocycles. The zero-order chi connectivity index (χ0) is 12.3. The summed E-state index contributed by atoms with van der Waals surface area (Å²) in [6, 6.07) is 6.34. The molecule has 0 aliphatic carbocycles. The number of benzene rings is 1. The standard InChI is InChI=1S/C13H17FN2O/c1-10(17)16(13-6-8-15-9-7-13)12-4-2-11(14)3-5-12/h2-5,13,15H,6-9H2,1H3. The van der Waals surface area contributed by atoms with Gasteiger partial charge in [0.1, 0.15) is 5.82 Å². The van der Waals surface area contributed by atoms with Crippen LogP contribution in [0, 0.1) is 5.82 Å². The number of nitrogens with zero attached hydrogens (tertiary/aromatic N) is 1. The number of piperidine rings is 1. The van der Waals surface area contributed by atoms with Crippen molar-refractivity contribution in [2.75, 3.05) is 18.0 Å². The van der Waals surface area contributed by atoms with Crippen LogP contribution in [0.1, 0.15) is 19.8 Å². The molecule has 1 N–H and O–H groups in total. The number of anilines is 1. The molecule has 0 spiro atoms. The zero-order valence-corrected chi connectivity index (χ0v) is 9.95. The van der Waals surface area contributed by atoms with E-state index in [0.717, 1.165) is 31.6 Å². The number of nitrogens with one attached hydrogen (secondary N) is 1. The Morgan fingerprint density at radius 3 is 2.41 bits per heavy atom. The van der Waals surface area contributed by atoms with E-state index in [0.29, 0.717) is 0 Å². The zero-order valence-electron chi connectivity index (χ0n) is 9.95. The van der Waals surface area contributed by atoms with Crippen LogP contribution in [0.5, 0.6) is 0 Å². The molecular weight excluding hydrogens is 219 g/mol. The topological polar surface area (TPSA) is 32.3 Å². The van der Waals surface area contributed by atoms with Crippen LogP contribution in [-0.2, 0) is 4.79 Å². The number of amides is 1. The Morgan fingerprint density at radius 1 is 1.29 bits per heavy atom. The highest BCUT2D eigenvalue weighted by atomic mass is 19.1. The molecule has 1 aliphatic rings. The Hall–Kier alpha value is -1.42. The Balaban J connectivity index is 2.21. The summed E-state index contributed by atoms with van der Waals surface area (Å²) in [4.78, 5) is 13.5. The summed E-state index contributed by atoms with van der Waals surface area (Å²) in [5.41, 5.74) is 0.783. The first-order valence-electron chi connectivity index (χ1n) is 5.94. The fraction of sp³-hybridized carbons (Fsp3) is 0.462. The lowest BCUT2D eigenvalue weighted by molar-refractivity contribution is -0.117. The average Bonchev–Trinajstić information content (AvgIpc) is 2.33. The van der Waals surface area contributed by atoms with Crippen LogP contribution in [0.3, 0.4) is 0 Å². The summed E-state index contributed by atoms with van der Waals surface area (Å²) in [5, 5.41) is 3.27. The van der Waals surface area contributed by atoms with Gasteiger partial charge in [0.25, 0.3) is 0 Å². The average molecular weight is 236 g/mol. The molecule has 1 aromatic carbocycles. The molecule has 0 unspecified atom stereocenters. The number of halogens is 1. The second-order valence-corrected chi connectivity index (χ2v) is 4.35. The molecule has 0 radical (unpaired) electrons. The first-order chi connectivity index (χ1) is 8.18. The molecule has 4 heteroatoms. The minimum Gasteiger partial charge on any atom is -0.317 e. The summed E-state index contributed by atoms with van der Waals surface area (Å²) in [6.45, 7) is 3.41. The highest BCUT2D eigenvalue weighted by Gasteiger charge is 2.24. The predicted molar refractivity (Wildman–Crippen MR) is 65.5 cm³/mol. The van der Waals surface area contributed by atoms with Crippen LogP contribution in [-0.4, -0.2) is 25.0 Å². The molecule has 92 valence electrons. The number of hydrogen-bond donors (Lipinski definition) is 1. The number of hydrogen-bond acceptors (Lipinski definition) is 2. The Labute approximate surface area is 101 Å². The smallest absolute Gasteiger partial charge is 0.224 e. The molecule has 1 aliphatic heterocycles. The maximum atomic E-state index is 12.9. The lowest BCUT2D eigenvalue weighted by Gasteiger charge is -2.34. The summed E-state index contributed by atoms with van der Waals surface area (Å²) in [7, 11) is 0. The van der Waals surface area contributed by atoms with Crippen molar-refractivity contribution in [2.45, 2.75) is 25.8 Å². The van der Waals surface area contributed by atoms with Crippen LogP contribution in [0.2, 0.25) is 0 Å². The van der Waals surface area contributed by atoms with E-state index in [9.17, 15) is 9.18 Å². The van der Waals surface area contributed by atoms with Gasteiger partial charge in [-0.1, -0.05) is 0 Å². The van der Waals surface area contributed by atoms with E-state index in [-0.39, 0.29) is 17.8 Å². The molecule has 3 nitrogen and oxygen atoms in total. The van der Waals surface area contributed by atoms with Gasteiger partial charge in [0.05, 0.1) is 0 Å². The molecule has 0 aromatic heterocycles. The maximum absolute atomic E-state index is 12.9. The maximum Gasteiger partial charge on any atom is 0.224 e. The Morgan fingerprint density at radius 2 is 1.88 bits per heavy atom. The molecule has 17 heavy (non-hydrogen) atoms. The highest BCUT2D eigenvalue weighted by molar-refractivity contribution is 5.92. The molecule has 0 saturated carbocycles. The van der Waals surface area contributed by atoms with Crippen LogP contribution in [0.25, 0.3) is 0 Å². The molecular formula is C13H17FN2O. The van der Waals surface area contributed by atoms with Crippen molar-refractivity contribution in [1.82, 2.24) is 5.32 Å². The summed E-state index contributed by atoms with van der Waals surface area (Å²) in [5.74, 6) is -0.258. The van der Waals surface area contributed by atoms with Crippen LogP contribution >= 0.6 is 0 Å². The summed E-state index contributed by atoms with van der Waals surface area (Å²) < 4.78 is 12.9. The van der Waals surface area contributed by atoms with Crippen molar-refractivity contribution in [3.63, 3.8) is 0 Å². The highest BCUT2D eigenvalue weighted by Crippen LogP contribution is 2.22. The van der Waals surface area contributed by atoms with Gasteiger partial charge in [0.2, 0.25) is 5.91 Å². The van der Waals surface area contributed by atoms with Gasteiger partial charge in [0.15, 0.2) is 0 Å². The van der Waals surface area contributed by atoms with Crippen molar-refractivity contribution in [3.8, 4) is 0 Å². The van der Waals surface area contributed by atoms with E-state index in [1.165, 1.54) is 12.1 Å². The molecule has 1 aromatic rings. The Bertz CT molecular complexity index is 385. The molecule has 1 heterocycles. The van der Waals surface area contributed by atoms with E-state index in [2.05, 4.69) is 5.32 Å². The fourth-order valence-corrected chi connectivity index (χ4v) is 2.32.